The van der Waals surface area contributed by atoms with Crippen LogP contribution in [0.3, 0.4) is 0 Å². The Morgan fingerprint density at radius 2 is 1.96 bits per heavy atom. The first-order valence-corrected chi connectivity index (χ1v) is 9.33. The van der Waals surface area contributed by atoms with Crippen molar-refractivity contribution in [1.29, 1.82) is 0 Å². The van der Waals surface area contributed by atoms with Crippen LogP contribution in [0.4, 0.5) is 4.79 Å². The van der Waals surface area contributed by atoms with Gasteiger partial charge in [-0.1, -0.05) is 23.9 Å². The van der Waals surface area contributed by atoms with E-state index in [9.17, 15) is 22.8 Å². The molecule has 0 aromatic heterocycles. The molecule has 2 fully saturated rings. The molecule has 2 heterocycles. The summed E-state index contributed by atoms with van der Waals surface area (Å²) in [4.78, 5) is 35.8. The Morgan fingerprint density at radius 3 is 2.52 bits per heavy atom. The highest BCUT2D eigenvalue weighted by atomic mass is 32.2. The highest BCUT2D eigenvalue weighted by molar-refractivity contribution is 8.14. The van der Waals surface area contributed by atoms with Crippen molar-refractivity contribution >= 4 is 38.7 Å². The number of benzene rings is 1. The van der Waals surface area contributed by atoms with Crippen LogP contribution < -0.4 is 0 Å². The molecule has 7 nitrogen and oxygen atoms in total. The Labute approximate surface area is 137 Å². The average molecular weight is 354 g/mol. The minimum absolute atomic E-state index is 0.0390. The summed E-state index contributed by atoms with van der Waals surface area (Å²) in [6, 6.07) is 5.43. The Balaban J connectivity index is 1.76. The van der Waals surface area contributed by atoms with E-state index in [1.165, 1.54) is 29.4 Å². The molecule has 0 unspecified atom stereocenters. The third-order valence-corrected chi connectivity index (χ3v) is 6.52. The van der Waals surface area contributed by atoms with Crippen molar-refractivity contribution in [2.45, 2.75) is 17.9 Å². The van der Waals surface area contributed by atoms with Gasteiger partial charge in [-0.2, -0.15) is 4.31 Å². The van der Waals surface area contributed by atoms with Crippen LogP contribution in [-0.2, 0) is 14.8 Å². The first-order chi connectivity index (χ1) is 10.8. The van der Waals surface area contributed by atoms with Crippen LogP contribution in [0.1, 0.15) is 17.3 Å². The van der Waals surface area contributed by atoms with Gasteiger partial charge < -0.3 is 0 Å². The van der Waals surface area contributed by atoms with Crippen LogP contribution in [-0.4, -0.2) is 59.4 Å². The molecular weight excluding hydrogens is 340 g/mol. The zero-order valence-corrected chi connectivity index (χ0v) is 13.9. The van der Waals surface area contributed by atoms with Crippen molar-refractivity contribution in [1.82, 2.24) is 9.21 Å². The number of imide groups is 1. The molecule has 0 spiro atoms. The molecule has 0 atom stereocenters. The fraction of sp³-hybridized carbons (Fsp3) is 0.357. The van der Waals surface area contributed by atoms with E-state index in [1.54, 1.807) is 6.07 Å². The zero-order valence-electron chi connectivity index (χ0n) is 12.3. The molecule has 1 aromatic carbocycles. The summed E-state index contributed by atoms with van der Waals surface area (Å²) in [5.41, 5.74) is 0.324. The van der Waals surface area contributed by atoms with Crippen molar-refractivity contribution in [2.24, 2.45) is 0 Å². The fourth-order valence-corrected chi connectivity index (χ4v) is 4.86. The van der Waals surface area contributed by atoms with E-state index in [4.69, 9.17) is 0 Å². The summed E-state index contributed by atoms with van der Waals surface area (Å²) in [6.07, 6.45) is 0. The normalized spacial score (nSPS) is 20.0. The highest BCUT2D eigenvalue weighted by Crippen LogP contribution is 2.29. The fourth-order valence-electron chi connectivity index (χ4n) is 2.52. The molecule has 23 heavy (non-hydrogen) atoms. The summed E-state index contributed by atoms with van der Waals surface area (Å²) >= 11 is 0.933. The van der Waals surface area contributed by atoms with Gasteiger partial charge in [0.15, 0.2) is 5.78 Å². The predicted molar refractivity (Wildman–Crippen MR) is 83.7 cm³/mol. The molecule has 9 heteroatoms. The van der Waals surface area contributed by atoms with E-state index in [0.717, 1.165) is 16.7 Å². The van der Waals surface area contributed by atoms with Crippen LogP contribution in [0.2, 0.25) is 0 Å². The second kappa shape index (κ2) is 5.73. The number of sulfonamides is 1. The van der Waals surface area contributed by atoms with E-state index in [2.05, 4.69) is 0 Å². The molecule has 0 bridgehead atoms. The molecule has 0 saturated carbocycles. The van der Waals surface area contributed by atoms with Crippen molar-refractivity contribution in [3.63, 3.8) is 0 Å². The molecule has 3 rings (SSSR count). The molecule has 0 aliphatic carbocycles. The van der Waals surface area contributed by atoms with Crippen LogP contribution in [0.25, 0.3) is 0 Å². The Kier molecular flexibility index (Phi) is 4.03. The maximum Gasteiger partial charge on any atom is 0.289 e. The molecule has 0 radical (unpaired) electrons. The summed E-state index contributed by atoms with van der Waals surface area (Å²) in [5, 5.41) is -0.323. The number of hydrogen-bond acceptors (Lipinski definition) is 6. The van der Waals surface area contributed by atoms with Gasteiger partial charge in [0.05, 0.1) is 16.7 Å². The standard InChI is InChI=1S/C14H14N2O5S2/c1-9(17)10-3-2-4-12(5-10)23(20,21)15-6-11(7-15)16-13(18)8-22-14(16)19/h2-5,11H,6-8H2,1H3. The maximum absolute atomic E-state index is 12.5. The topological polar surface area (TPSA) is 91.8 Å². The number of carbonyl (C=O) groups is 3. The number of thioether (sulfide) groups is 1. The molecule has 2 aliphatic rings. The lowest BCUT2D eigenvalue weighted by atomic mass is 10.1. The second-order valence-electron chi connectivity index (χ2n) is 5.38. The van der Waals surface area contributed by atoms with Gasteiger partial charge in [-0.05, 0) is 19.1 Å². The summed E-state index contributed by atoms with van der Waals surface area (Å²) in [6.45, 7) is 1.54. The maximum atomic E-state index is 12.5. The van der Waals surface area contributed by atoms with Crippen molar-refractivity contribution in [2.75, 3.05) is 18.8 Å². The molecule has 2 aliphatic heterocycles. The van der Waals surface area contributed by atoms with Gasteiger partial charge >= 0.3 is 0 Å². The predicted octanol–water partition coefficient (Wildman–Crippen LogP) is 0.958. The van der Waals surface area contributed by atoms with Crippen LogP contribution in [0, 0.1) is 0 Å². The van der Waals surface area contributed by atoms with Gasteiger partial charge in [0.2, 0.25) is 15.9 Å². The largest absolute Gasteiger partial charge is 0.295 e. The first kappa shape index (κ1) is 16.2. The van der Waals surface area contributed by atoms with Crippen LogP contribution >= 0.6 is 11.8 Å². The smallest absolute Gasteiger partial charge is 0.289 e. The van der Waals surface area contributed by atoms with Crippen LogP contribution in [0.15, 0.2) is 29.2 Å². The first-order valence-electron chi connectivity index (χ1n) is 6.90. The minimum Gasteiger partial charge on any atom is -0.295 e. The molecule has 122 valence electrons. The van der Waals surface area contributed by atoms with Gasteiger partial charge in [-0.15, -0.1) is 0 Å². The van der Waals surface area contributed by atoms with Gasteiger partial charge in [0.1, 0.15) is 0 Å². The summed E-state index contributed by atoms with van der Waals surface area (Å²) in [7, 11) is -3.73. The number of amides is 2. The Hall–Kier alpha value is -1.71. The van der Waals surface area contributed by atoms with Crippen molar-refractivity contribution in [3.05, 3.63) is 29.8 Å². The number of ketones is 1. The summed E-state index contributed by atoms with van der Waals surface area (Å²) in [5.74, 6) is -0.377. The van der Waals surface area contributed by atoms with Crippen molar-refractivity contribution < 1.29 is 22.8 Å². The number of carbonyl (C=O) groups excluding carboxylic acids is 3. The zero-order chi connectivity index (χ0) is 16.8. The lowest BCUT2D eigenvalue weighted by Gasteiger charge is -2.41. The average Bonchev–Trinajstić information content (AvgIpc) is 2.78. The highest BCUT2D eigenvalue weighted by Gasteiger charge is 2.45. The third-order valence-electron chi connectivity index (χ3n) is 3.86. The molecule has 2 amide bonds. The summed E-state index contributed by atoms with van der Waals surface area (Å²) < 4.78 is 26.3. The third kappa shape index (κ3) is 2.79. The number of nitrogens with zero attached hydrogens (tertiary/aromatic N) is 2. The molecule has 0 N–H and O–H groups in total. The van der Waals surface area contributed by atoms with E-state index >= 15 is 0 Å². The molecule has 2 saturated heterocycles. The minimum atomic E-state index is -3.73. The van der Waals surface area contributed by atoms with E-state index in [-0.39, 0.29) is 40.7 Å². The van der Waals surface area contributed by atoms with Gasteiger partial charge in [-0.25, -0.2) is 8.42 Å². The van der Waals surface area contributed by atoms with E-state index in [1.807, 2.05) is 0 Å². The lowest BCUT2D eigenvalue weighted by molar-refractivity contribution is -0.127. The quantitative estimate of drug-likeness (QED) is 0.748. The van der Waals surface area contributed by atoms with Gasteiger partial charge in [0.25, 0.3) is 5.24 Å². The van der Waals surface area contributed by atoms with Crippen LogP contribution in [0.5, 0.6) is 0 Å². The number of rotatable bonds is 4. The number of Topliss-reactive ketones (excluding diaryl/α,β-unsaturated/α-hetero) is 1. The molecule has 1 aromatic rings. The Morgan fingerprint density at radius 1 is 1.26 bits per heavy atom. The van der Waals surface area contributed by atoms with E-state index in [0.29, 0.717) is 5.56 Å². The number of hydrogen-bond donors (Lipinski definition) is 0. The monoisotopic (exact) mass is 354 g/mol. The van der Waals surface area contributed by atoms with Gasteiger partial charge in [-0.3, -0.25) is 19.3 Å². The second-order valence-corrected chi connectivity index (χ2v) is 8.24. The van der Waals surface area contributed by atoms with Gasteiger partial charge in [0, 0.05) is 18.7 Å². The Bertz CT molecular complexity index is 783. The SMILES string of the molecule is CC(=O)c1cccc(S(=O)(=O)N2CC(N3C(=O)CSC3=O)C2)c1. The lowest BCUT2D eigenvalue weighted by Crippen LogP contribution is -2.61. The molecular formula is C14H14N2O5S2. The van der Waals surface area contributed by atoms with E-state index < -0.39 is 16.1 Å². The van der Waals surface area contributed by atoms with Crippen molar-refractivity contribution in [3.8, 4) is 0 Å².